The summed E-state index contributed by atoms with van der Waals surface area (Å²) < 4.78 is 0. The van der Waals surface area contributed by atoms with Crippen molar-refractivity contribution in [2.45, 2.75) is 25.2 Å². The van der Waals surface area contributed by atoms with Gasteiger partial charge in [0.25, 0.3) is 0 Å². The molecule has 126 valence electrons. The molecule has 2 aromatic carbocycles. The molecular weight excluding hydrogens is 296 g/mol. The van der Waals surface area contributed by atoms with Crippen molar-refractivity contribution in [2.75, 3.05) is 19.6 Å². The Bertz CT molecular complexity index is 581. The molecule has 0 saturated carbocycles. The minimum absolute atomic E-state index is 0.112. The van der Waals surface area contributed by atoms with E-state index in [4.69, 9.17) is 0 Å². The molecule has 2 N–H and O–H groups in total. The molecule has 1 atom stereocenters. The Morgan fingerprint density at radius 1 is 1.04 bits per heavy atom. The van der Waals surface area contributed by atoms with E-state index in [1.54, 1.807) is 0 Å². The van der Waals surface area contributed by atoms with E-state index in [9.17, 15) is 4.79 Å². The van der Waals surface area contributed by atoms with Crippen molar-refractivity contribution in [1.82, 2.24) is 10.6 Å². The summed E-state index contributed by atoms with van der Waals surface area (Å²) in [5.74, 6) is 0.962. The summed E-state index contributed by atoms with van der Waals surface area (Å²) in [6.07, 6.45) is 2.80. The standard InChI is InChI=1S/C21H26N2O/c24-21(23-14-12-17-11-13-22-16-17)15-20(18-7-3-1-4-8-18)19-9-5-2-6-10-19/h1-10,17,20,22H,11-16H2,(H,23,24). The molecule has 0 aromatic heterocycles. The van der Waals surface area contributed by atoms with Gasteiger partial charge in [-0.25, -0.2) is 0 Å². The molecule has 1 amide bonds. The lowest BCUT2D eigenvalue weighted by atomic mass is 9.88. The van der Waals surface area contributed by atoms with Crippen LogP contribution in [-0.2, 0) is 4.79 Å². The maximum Gasteiger partial charge on any atom is 0.220 e. The fraction of sp³-hybridized carbons (Fsp3) is 0.381. The Morgan fingerprint density at radius 2 is 1.67 bits per heavy atom. The number of nitrogens with one attached hydrogen (secondary N) is 2. The van der Waals surface area contributed by atoms with Crippen molar-refractivity contribution < 1.29 is 4.79 Å². The Kier molecular flexibility index (Phi) is 6.02. The highest BCUT2D eigenvalue weighted by molar-refractivity contribution is 5.77. The van der Waals surface area contributed by atoms with Gasteiger partial charge < -0.3 is 10.6 Å². The fourth-order valence-corrected chi connectivity index (χ4v) is 3.43. The molecule has 1 unspecified atom stereocenters. The Balaban J connectivity index is 1.60. The second kappa shape index (κ2) is 8.65. The van der Waals surface area contributed by atoms with Crippen molar-refractivity contribution in [3.63, 3.8) is 0 Å². The average Bonchev–Trinajstić information content (AvgIpc) is 3.15. The third-order valence-electron chi connectivity index (χ3n) is 4.83. The monoisotopic (exact) mass is 322 g/mol. The van der Waals surface area contributed by atoms with E-state index in [1.807, 2.05) is 36.4 Å². The minimum Gasteiger partial charge on any atom is -0.356 e. The number of benzene rings is 2. The van der Waals surface area contributed by atoms with Gasteiger partial charge in [0.2, 0.25) is 5.91 Å². The van der Waals surface area contributed by atoms with Gasteiger partial charge in [-0.1, -0.05) is 60.7 Å². The number of amides is 1. The molecular formula is C21H26N2O. The van der Waals surface area contributed by atoms with Crippen LogP contribution in [-0.4, -0.2) is 25.5 Å². The Labute approximate surface area is 144 Å². The topological polar surface area (TPSA) is 41.1 Å². The molecule has 1 aliphatic rings. The highest BCUT2D eigenvalue weighted by Crippen LogP contribution is 2.27. The zero-order valence-electron chi connectivity index (χ0n) is 14.1. The lowest BCUT2D eigenvalue weighted by Crippen LogP contribution is -2.28. The third kappa shape index (κ3) is 4.68. The highest BCUT2D eigenvalue weighted by Gasteiger charge is 2.19. The minimum atomic E-state index is 0.112. The van der Waals surface area contributed by atoms with Crippen LogP contribution >= 0.6 is 0 Å². The van der Waals surface area contributed by atoms with Gasteiger partial charge in [-0.2, -0.15) is 0 Å². The highest BCUT2D eigenvalue weighted by atomic mass is 16.1. The molecule has 24 heavy (non-hydrogen) atoms. The molecule has 0 aliphatic carbocycles. The fourth-order valence-electron chi connectivity index (χ4n) is 3.43. The van der Waals surface area contributed by atoms with Gasteiger partial charge >= 0.3 is 0 Å². The largest absolute Gasteiger partial charge is 0.356 e. The van der Waals surface area contributed by atoms with Crippen molar-refractivity contribution in [3.05, 3.63) is 71.8 Å². The molecule has 0 bridgehead atoms. The summed E-state index contributed by atoms with van der Waals surface area (Å²) >= 11 is 0. The van der Waals surface area contributed by atoms with E-state index in [1.165, 1.54) is 17.5 Å². The van der Waals surface area contributed by atoms with Gasteiger partial charge in [0.1, 0.15) is 0 Å². The maximum absolute atomic E-state index is 12.4. The first-order valence-corrected chi connectivity index (χ1v) is 8.90. The predicted octanol–water partition coefficient (Wildman–Crippen LogP) is 3.32. The first-order valence-electron chi connectivity index (χ1n) is 8.90. The second-order valence-electron chi connectivity index (χ2n) is 6.58. The van der Waals surface area contributed by atoms with Gasteiger partial charge in [0, 0.05) is 18.9 Å². The van der Waals surface area contributed by atoms with Crippen molar-refractivity contribution in [2.24, 2.45) is 5.92 Å². The number of carbonyl (C=O) groups excluding carboxylic acids is 1. The number of hydrogen-bond donors (Lipinski definition) is 2. The summed E-state index contributed by atoms with van der Waals surface area (Å²) in [7, 11) is 0. The molecule has 1 saturated heterocycles. The van der Waals surface area contributed by atoms with E-state index in [-0.39, 0.29) is 11.8 Å². The van der Waals surface area contributed by atoms with Crippen molar-refractivity contribution in [1.29, 1.82) is 0 Å². The van der Waals surface area contributed by atoms with Crippen LogP contribution in [0.5, 0.6) is 0 Å². The lowest BCUT2D eigenvalue weighted by molar-refractivity contribution is -0.121. The van der Waals surface area contributed by atoms with Crippen LogP contribution in [0.25, 0.3) is 0 Å². The first-order chi connectivity index (χ1) is 11.8. The molecule has 0 radical (unpaired) electrons. The van der Waals surface area contributed by atoms with Gasteiger partial charge in [0.05, 0.1) is 0 Å². The van der Waals surface area contributed by atoms with Crippen LogP contribution in [0.2, 0.25) is 0 Å². The third-order valence-corrected chi connectivity index (χ3v) is 4.83. The molecule has 3 nitrogen and oxygen atoms in total. The second-order valence-corrected chi connectivity index (χ2v) is 6.58. The zero-order chi connectivity index (χ0) is 16.6. The van der Waals surface area contributed by atoms with E-state index >= 15 is 0 Å². The Hall–Kier alpha value is -2.13. The SMILES string of the molecule is O=C(CC(c1ccccc1)c1ccccc1)NCCC1CCNC1. The summed E-state index contributed by atoms with van der Waals surface area (Å²) in [6.45, 7) is 2.98. The quantitative estimate of drug-likeness (QED) is 0.821. The maximum atomic E-state index is 12.4. The number of hydrogen-bond acceptors (Lipinski definition) is 2. The van der Waals surface area contributed by atoms with Gasteiger partial charge in [0.15, 0.2) is 0 Å². The normalized spacial score (nSPS) is 17.1. The van der Waals surface area contributed by atoms with E-state index in [0.29, 0.717) is 12.3 Å². The van der Waals surface area contributed by atoms with Gasteiger partial charge in [-0.3, -0.25) is 4.79 Å². The van der Waals surface area contributed by atoms with Crippen molar-refractivity contribution >= 4 is 5.91 Å². The average molecular weight is 322 g/mol. The summed E-state index contributed by atoms with van der Waals surface area (Å²) in [5, 5.41) is 6.49. The van der Waals surface area contributed by atoms with Crippen molar-refractivity contribution in [3.8, 4) is 0 Å². The first kappa shape index (κ1) is 16.7. The van der Waals surface area contributed by atoms with E-state index in [0.717, 1.165) is 26.1 Å². The van der Waals surface area contributed by atoms with Crippen LogP contribution in [0.3, 0.4) is 0 Å². The molecule has 1 aliphatic heterocycles. The summed E-state index contributed by atoms with van der Waals surface area (Å²) in [6, 6.07) is 20.6. The molecule has 2 aromatic rings. The van der Waals surface area contributed by atoms with Crippen LogP contribution in [0.15, 0.2) is 60.7 Å². The number of carbonyl (C=O) groups is 1. The summed E-state index contributed by atoms with van der Waals surface area (Å²) in [5.41, 5.74) is 2.39. The van der Waals surface area contributed by atoms with E-state index < -0.39 is 0 Å². The lowest BCUT2D eigenvalue weighted by Gasteiger charge is -2.18. The predicted molar refractivity (Wildman–Crippen MR) is 97.9 cm³/mol. The summed E-state index contributed by atoms with van der Waals surface area (Å²) in [4.78, 5) is 12.4. The van der Waals surface area contributed by atoms with Gasteiger partial charge in [-0.05, 0) is 43.0 Å². The molecule has 1 fully saturated rings. The molecule has 1 heterocycles. The van der Waals surface area contributed by atoms with Crippen LogP contribution in [0.1, 0.15) is 36.3 Å². The molecule has 0 spiro atoms. The van der Waals surface area contributed by atoms with Crippen LogP contribution < -0.4 is 10.6 Å². The smallest absolute Gasteiger partial charge is 0.220 e. The van der Waals surface area contributed by atoms with Crippen LogP contribution in [0.4, 0.5) is 0 Å². The van der Waals surface area contributed by atoms with Gasteiger partial charge in [-0.15, -0.1) is 0 Å². The number of rotatable bonds is 7. The Morgan fingerprint density at radius 3 is 2.21 bits per heavy atom. The van der Waals surface area contributed by atoms with Crippen LogP contribution in [0, 0.1) is 5.92 Å². The van der Waals surface area contributed by atoms with E-state index in [2.05, 4.69) is 34.9 Å². The molecule has 3 rings (SSSR count). The zero-order valence-corrected chi connectivity index (χ0v) is 14.1. The molecule has 3 heteroatoms.